The van der Waals surface area contributed by atoms with Crippen molar-refractivity contribution in [3.63, 3.8) is 0 Å². The van der Waals surface area contributed by atoms with Crippen molar-refractivity contribution in [3.05, 3.63) is 18.7 Å². The standard InChI is InChI=1S/C9H15N3/c10-8-2-1-3-9(6-8)12-5-4-11-7-12/h4-5,7-9H,1-3,6,10H2/t8-,9-/m0/s1. The number of hydrogen-bond donors (Lipinski definition) is 1. The van der Waals surface area contributed by atoms with Crippen molar-refractivity contribution >= 4 is 0 Å². The van der Waals surface area contributed by atoms with E-state index in [1.807, 2.05) is 18.7 Å². The van der Waals surface area contributed by atoms with Crippen LogP contribution in [0.15, 0.2) is 18.7 Å². The second kappa shape index (κ2) is 3.27. The van der Waals surface area contributed by atoms with Gasteiger partial charge in [0.25, 0.3) is 0 Å². The number of rotatable bonds is 1. The second-order valence-electron chi connectivity index (χ2n) is 3.59. The van der Waals surface area contributed by atoms with Crippen LogP contribution < -0.4 is 5.73 Å². The number of imidazole rings is 1. The molecule has 1 aromatic heterocycles. The molecule has 0 unspecified atom stereocenters. The van der Waals surface area contributed by atoms with Crippen LogP contribution in [0.4, 0.5) is 0 Å². The van der Waals surface area contributed by atoms with Gasteiger partial charge < -0.3 is 10.3 Å². The van der Waals surface area contributed by atoms with E-state index in [1.165, 1.54) is 19.3 Å². The minimum absolute atomic E-state index is 0.395. The van der Waals surface area contributed by atoms with E-state index in [9.17, 15) is 0 Å². The fraction of sp³-hybridized carbons (Fsp3) is 0.667. The molecule has 2 rings (SSSR count). The van der Waals surface area contributed by atoms with Gasteiger partial charge in [0.15, 0.2) is 0 Å². The first-order valence-corrected chi connectivity index (χ1v) is 4.59. The number of aromatic nitrogens is 2. The van der Waals surface area contributed by atoms with Crippen molar-refractivity contribution < 1.29 is 0 Å². The molecule has 0 saturated heterocycles. The van der Waals surface area contributed by atoms with E-state index in [-0.39, 0.29) is 0 Å². The molecular weight excluding hydrogens is 150 g/mol. The van der Waals surface area contributed by atoms with Crippen LogP contribution in [0.5, 0.6) is 0 Å². The van der Waals surface area contributed by atoms with Crippen LogP contribution in [0.1, 0.15) is 31.7 Å². The Kier molecular flexibility index (Phi) is 2.13. The van der Waals surface area contributed by atoms with Gasteiger partial charge in [-0.2, -0.15) is 0 Å². The van der Waals surface area contributed by atoms with Crippen LogP contribution in [0.25, 0.3) is 0 Å². The molecule has 66 valence electrons. The fourth-order valence-electron chi connectivity index (χ4n) is 1.96. The fourth-order valence-corrected chi connectivity index (χ4v) is 1.96. The van der Waals surface area contributed by atoms with Gasteiger partial charge in [0.2, 0.25) is 0 Å². The summed E-state index contributed by atoms with van der Waals surface area (Å²) in [5.41, 5.74) is 5.90. The van der Waals surface area contributed by atoms with Crippen LogP contribution in [0.3, 0.4) is 0 Å². The van der Waals surface area contributed by atoms with Gasteiger partial charge in [-0.1, -0.05) is 0 Å². The first kappa shape index (κ1) is 7.80. The van der Waals surface area contributed by atoms with Crippen LogP contribution in [-0.2, 0) is 0 Å². The zero-order valence-electron chi connectivity index (χ0n) is 7.19. The minimum atomic E-state index is 0.395. The SMILES string of the molecule is N[C@H]1CCC[C@H](n2ccnc2)C1. The molecule has 1 aromatic rings. The van der Waals surface area contributed by atoms with Crippen molar-refractivity contribution in [2.24, 2.45) is 5.73 Å². The third-order valence-corrected chi connectivity index (χ3v) is 2.63. The molecule has 3 heteroatoms. The largest absolute Gasteiger partial charge is 0.334 e. The Bertz CT molecular complexity index is 230. The van der Waals surface area contributed by atoms with Crippen molar-refractivity contribution in [1.82, 2.24) is 9.55 Å². The topological polar surface area (TPSA) is 43.8 Å². The molecule has 1 heterocycles. The molecule has 0 aliphatic heterocycles. The minimum Gasteiger partial charge on any atom is -0.334 e. The van der Waals surface area contributed by atoms with Gasteiger partial charge in [0.05, 0.1) is 6.33 Å². The zero-order valence-corrected chi connectivity index (χ0v) is 7.19. The Balaban J connectivity index is 2.04. The normalized spacial score (nSPS) is 30.4. The molecular formula is C9H15N3. The number of nitrogens with two attached hydrogens (primary N) is 1. The highest BCUT2D eigenvalue weighted by Crippen LogP contribution is 2.26. The summed E-state index contributed by atoms with van der Waals surface area (Å²) in [6.45, 7) is 0. The molecule has 2 N–H and O–H groups in total. The van der Waals surface area contributed by atoms with Crippen LogP contribution in [0.2, 0.25) is 0 Å². The molecule has 3 nitrogen and oxygen atoms in total. The molecule has 2 atom stereocenters. The maximum atomic E-state index is 5.90. The Hall–Kier alpha value is -0.830. The van der Waals surface area contributed by atoms with Crippen LogP contribution >= 0.6 is 0 Å². The lowest BCUT2D eigenvalue weighted by Crippen LogP contribution is -2.28. The molecule has 12 heavy (non-hydrogen) atoms. The summed E-state index contributed by atoms with van der Waals surface area (Å²) in [6.07, 6.45) is 10.6. The number of nitrogens with zero attached hydrogens (tertiary/aromatic N) is 2. The van der Waals surface area contributed by atoms with Crippen LogP contribution in [-0.4, -0.2) is 15.6 Å². The third kappa shape index (κ3) is 1.50. The molecule has 1 saturated carbocycles. The van der Waals surface area contributed by atoms with Gasteiger partial charge in [-0.05, 0) is 25.7 Å². The molecule has 0 aromatic carbocycles. The molecule has 0 bridgehead atoms. The van der Waals surface area contributed by atoms with E-state index in [2.05, 4.69) is 9.55 Å². The van der Waals surface area contributed by atoms with Crippen molar-refractivity contribution in [1.29, 1.82) is 0 Å². The first-order valence-electron chi connectivity index (χ1n) is 4.59. The molecule has 1 aliphatic rings. The Morgan fingerprint density at radius 1 is 1.42 bits per heavy atom. The summed E-state index contributed by atoms with van der Waals surface area (Å²) in [4.78, 5) is 4.04. The van der Waals surface area contributed by atoms with E-state index in [0.717, 1.165) is 6.42 Å². The highest BCUT2D eigenvalue weighted by atomic mass is 15.1. The van der Waals surface area contributed by atoms with Gasteiger partial charge in [-0.25, -0.2) is 4.98 Å². The van der Waals surface area contributed by atoms with E-state index >= 15 is 0 Å². The predicted octanol–water partition coefficient (Wildman–Crippen LogP) is 1.33. The quantitative estimate of drug-likeness (QED) is 0.682. The summed E-state index contributed by atoms with van der Waals surface area (Å²) >= 11 is 0. The monoisotopic (exact) mass is 165 g/mol. The lowest BCUT2D eigenvalue weighted by atomic mass is 9.91. The molecule has 0 amide bonds. The molecule has 0 spiro atoms. The molecule has 0 radical (unpaired) electrons. The van der Waals surface area contributed by atoms with E-state index in [0.29, 0.717) is 12.1 Å². The first-order chi connectivity index (χ1) is 5.86. The van der Waals surface area contributed by atoms with E-state index < -0.39 is 0 Å². The smallest absolute Gasteiger partial charge is 0.0948 e. The molecule has 1 aliphatic carbocycles. The van der Waals surface area contributed by atoms with Crippen LogP contribution in [0, 0.1) is 0 Å². The summed E-state index contributed by atoms with van der Waals surface area (Å²) in [5, 5.41) is 0. The maximum Gasteiger partial charge on any atom is 0.0948 e. The van der Waals surface area contributed by atoms with Gasteiger partial charge in [0.1, 0.15) is 0 Å². The summed E-state index contributed by atoms with van der Waals surface area (Å²) in [5.74, 6) is 0. The lowest BCUT2D eigenvalue weighted by Gasteiger charge is -2.27. The van der Waals surface area contributed by atoms with E-state index in [4.69, 9.17) is 5.73 Å². The van der Waals surface area contributed by atoms with Gasteiger partial charge in [-0.3, -0.25) is 0 Å². The second-order valence-corrected chi connectivity index (χ2v) is 3.59. The highest BCUT2D eigenvalue weighted by Gasteiger charge is 2.19. The third-order valence-electron chi connectivity index (χ3n) is 2.63. The van der Waals surface area contributed by atoms with Gasteiger partial charge >= 0.3 is 0 Å². The maximum absolute atomic E-state index is 5.90. The summed E-state index contributed by atoms with van der Waals surface area (Å²) < 4.78 is 2.18. The highest BCUT2D eigenvalue weighted by molar-refractivity contribution is 4.85. The average Bonchev–Trinajstić information content (AvgIpc) is 2.56. The lowest BCUT2D eigenvalue weighted by molar-refractivity contribution is 0.319. The molecule has 1 fully saturated rings. The number of hydrogen-bond acceptors (Lipinski definition) is 2. The Labute approximate surface area is 72.6 Å². The summed E-state index contributed by atoms with van der Waals surface area (Å²) in [7, 11) is 0. The Morgan fingerprint density at radius 2 is 2.33 bits per heavy atom. The predicted molar refractivity (Wildman–Crippen MR) is 47.7 cm³/mol. The summed E-state index contributed by atoms with van der Waals surface area (Å²) in [6, 6.07) is 0.988. The van der Waals surface area contributed by atoms with Crippen molar-refractivity contribution in [2.75, 3.05) is 0 Å². The van der Waals surface area contributed by atoms with Gasteiger partial charge in [-0.15, -0.1) is 0 Å². The van der Waals surface area contributed by atoms with Crippen molar-refractivity contribution in [2.45, 2.75) is 37.8 Å². The van der Waals surface area contributed by atoms with E-state index in [1.54, 1.807) is 0 Å². The van der Waals surface area contributed by atoms with Gasteiger partial charge in [0, 0.05) is 24.5 Å². The van der Waals surface area contributed by atoms with Crippen molar-refractivity contribution in [3.8, 4) is 0 Å². The zero-order chi connectivity index (χ0) is 8.39. The Morgan fingerprint density at radius 3 is 3.00 bits per heavy atom. The average molecular weight is 165 g/mol.